The number of nitrogens with zero attached hydrogens (tertiary/aromatic N) is 1. The average Bonchev–Trinajstić information content (AvgIpc) is 2.47. The first-order chi connectivity index (χ1) is 6.89. The molecule has 1 heterocycles. The van der Waals surface area contributed by atoms with Crippen LogP contribution in [0.5, 0.6) is 0 Å². The van der Waals surface area contributed by atoms with Crippen LogP contribution in [0.1, 0.15) is 38.4 Å². The minimum Gasteiger partial charge on any atom is -0.314 e. The van der Waals surface area contributed by atoms with E-state index in [0.29, 0.717) is 6.04 Å². The van der Waals surface area contributed by atoms with Crippen molar-refractivity contribution in [1.29, 1.82) is 0 Å². The summed E-state index contributed by atoms with van der Waals surface area (Å²) >= 11 is 1.77. The van der Waals surface area contributed by atoms with Crippen molar-refractivity contribution in [3.63, 3.8) is 0 Å². The van der Waals surface area contributed by atoms with Crippen LogP contribution in [0.3, 0.4) is 0 Å². The van der Waals surface area contributed by atoms with Gasteiger partial charge in [-0.2, -0.15) is 0 Å². The zero-order valence-electron chi connectivity index (χ0n) is 10.4. The third-order valence-corrected chi connectivity index (χ3v) is 3.25. The van der Waals surface area contributed by atoms with Crippen LogP contribution in [0.4, 0.5) is 0 Å². The number of nitrogens with one attached hydrogen (secondary N) is 1. The van der Waals surface area contributed by atoms with Gasteiger partial charge in [0.25, 0.3) is 0 Å². The van der Waals surface area contributed by atoms with Crippen LogP contribution in [0.15, 0.2) is 5.38 Å². The highest BCUT2D eigenvalue weighted by Crippen LogP contribution is 2.23. The Kier molecular flexibility index (Phi) is 4.29. The summed E-state index contributed by atoms with van der Waals surface area (Å²) in [5, 5.41) is 6.87. The molecule has 0 atom stereocenters. The van der Waals surface area contributed by atoms with Gasteiger partial charge in [-0.05, 0) is 12.3 Å². The molecule has 0 saturated carbocycles. The van der Waals surface area contributed by atoms with Crippen LogP contribution in [0, 0.1) is 12.3 Å². The Bertz CT molecular complexity index is 302. The summed E-state index contributed by atoms with van der Waals surface area (Å²) in [6.45, 7) is 12.0. The van der Waals surface area contributed by atoms with E-state index in [9.17, 15) is 0 Å². The lowest BCUT2D eigenvalue weighted by atomic mass is 9.89. The number of aromatic nitrogens is 1. The molecule has 0 fully saturated rings. The monoisotopic (exact) mass is 226 g/mol. The highest BCUT2D eigenvalue weighted by atomic mass is 32.1. The number of hydrogen-bond acceptors (Lipinski definition) is 3. The normalized spacial score (nSPS) is 12.4. The second-order valence-corrected chi connectivity index (χ2v) is 6.20. The molecule has 0 aliphatic carbocycles. The van der Waals surface area contributed by atoms with Gasteiger partial charge in [-0.15, -0.1) is 11.3 Å². The molecule has 0 radical (unpaired) electrons. The van der Waals surface area contributed by atoms with E-state index in [4.69, 9.17) is 0 Å². The summed E-state index contributed by atoms with van der Waals surface area (Å²) in [7, 11) is 0. The third-order valence-electron chi connectivity index (χ3n) is 2.29. The summed E-state index contributed by atoms with van der Waals surface area (Å²) in [6, 6.07) is 0.558. The molecule has 1 N–H and O–H groups in total. The van der Waals surface area contributed by atoms with E-state index in [-0.39, 0.29) is 5.41 Å². The van der Waals surface area contributed by atoms with Gasteiger partial charge in [0.2, 0.25) is 0 Å². The second kappa shape index (κ2) is 5.08. The molecule has 0 amide bonds. The van der Waals surface area contributed by atoms with Crippen molar-refractivity contribution < 1.29 is 0 Å². The molecule has 0 spiro atoms. The molecule has 0 aliphatic rings. The van der Waals surface area contributed by atoms with E-state index in [0.717, 1.165) is 18.7 Å². The molecule has 0 saturated heterocycles. The van der Waals surface area contributed by atoms with Gasteiger partial charge < -0.3 is 5.32 Å². The van der Waals surface area contributed by atoms with Crippen molar-refractivity contribution in [2.24, 2.45) is 5.41 Å². The molecule has 1 rings (SSSR count). The fourth-order valence-electron chi connectivity index (χ4n) is 1.44. The highest BCUT2D eigenvalue weighted by molar-refractivity contribution is 7.09. The Hall–Kier alpha value is -0.410. The lowest BCUT2D eigenvalue weighted by Gasteiger charge is -2.25. The lowest BCUT2D eigenvalue weighted by molar-refractivity contribution is 0.325. The van der Waals surface area contributed by atoms with Crippen molar-refractivity contribution in [1.82, 2.24) is 10.3 Å². The van der Waals surface area contributed by atoms with Gasteiger partial charge in [0.15, 0.2) is 0 Å². The maximum absolute atomic E-state index is 4.51. The molecular formula is C12H22N2S. The first kappa shape index (κ1) is 12.7. The summed E-state index contributed by atoms with van der Waals surface area (Å²) in [5.41, 5.74) is 1.43. The van der Waals surface area contributed by atoms with E-state index in [2.05, 4.69) is 50.3 Å². The van der Waals surface area contributed by atoms with Crippen molar-refractivity contribution in [2.75, 3.05) is 6.54 Å². The molecule has 15 heavy (non-hydrogen) atoms. The van der Waals surface area contributed by atoms with Gasteiger partial charge in [-0.3, -0.25) is 0 Å². The maximum Gasteiger partial charge on any atom is 0.0933 e. The fraction of sp³-hybridized carbons (Fsp3) is 0.750. The summed E-state index contributed by atoms with van der Waals surface area (Å²) < 4.78 is 0. The van der Waals surface area contributed by atoms with Gasteiger partial charge in [0.1, 0.15) is 0 Å². The molecule has 0 aromatic carbocycles. The highest BCUT2D eigenvalue weighted by Gasteiger charge is 2.20. The SMILES string of the molecule is Cc1csc(CC(C)(C)CNC(C)C)n1. The standard InChI is InChI=1S/C12H22N2S/c1-9(2)13-8-12(4,5)6-11-14-10(3)7-15-11/h7,9,13H,6,8H2,1-5H3. The van der Waals surface area contributed by atoms with Crippen LogP contribution in [-0.2, 0) is 6.42 Å². The second-order valence-electron chi connectivity index (χ2n) is 5.26. The largest absolute Gasteiger partial charge is 0.314 e. The molecule has 1 aromatic heterocycles. The first-order valence-corrected chi connectivity index (χ1v) is 6.41. The van der Waals surface area contributed by atoms with E-state index < -0.39 is 0 Å². The van der Waals surface area contributed by atoms with Crippen molar-refractivity contribution in [3.8, 4) is 0 Å². The average molecular weight is 226 g/mol. The first-order valence-electron chi connectivity index (χ1n) is 5.53. The fourth-order valence-corrected chi connectivity index (χ4v) is 2.47. The smallest absolute Gasteiger partial charge is 0.0933 e. The van der Waals surface area contributed by atoms with Gasteiger partial charge in [-0.1, -0.05) is 27.7 Å². The summed E-state index contributed by atoms with van der Waals surface area (Å²) in [5.74, 6) is 0. The van der Waals surface area contributed by atoms with Crippen LogP contribution in [0.2, 0.25) is 0 Å². The molecule has 3 heteroatoms. The van der Waals surface area contributed by atoms with Gasteiger partial charge in [0.05, 0.1) is 5.01 Å². The minimum absolute atomic E-state index is 0.286. The molecule has 2 nitrogen and oxygen atoms in total. The quantitative estimate of drug-likeness (QED) is 0.835. The zero-order chi connectivity index (χ0) is 11.5. The Labute approximate surface area is 97.1 Å². The van der Waals surface area contributed by atoms with Gasteiger partial charge in [0, 0.05) is 30.1 Å². The number of thiazole rings is 1. The third kappa shape index (κ3) is 4.76. The Morgan fingerprint density at radius 1 is 1.47 bits per heavy atom. The Balaban J connectivity index is 2.48. The van der Waals surface area contributed by atoms with Crippen molar-refractivity contribution >= 4 is 11.3 Å². The molecule has 0 unspecified atom stereocenters. The van der Waals surface area contributed by atoms with Crippen molar-refractivity contribution in [3.05, 3.63) is 16.1 Å². The van der Waals surface area contributed by atoms with Gasteiger partial charge >= 0.3 is 0 Å². The summed E-state index contributed by atoms with van der Waals surface area (Å²) in [4.78, 5) is 4.51. The van der Waals surface area contributed by atoms with E-state index in [1.54, 1.807) is 11.3 Å². The van der Waals surface area contributed by atoms with Crippen LogP contribution >= 0.6 is 11.3 Å². The van der Waals surface area contributed by atoms with E-state index in [1.165, 1.54) is 5.01 Å². The zero-order valence-corrected chi connectivity index (χ0v) is 11.2. The maximum atomic E-state index is 4.51. The Morgan fingerprint density at radius 3 is 2.60 bits per heavy atom. The lowest BCUT2D eigenvalue weighted by Crippen LogP contribution is -2.35. The number of aryl methyl sites for hydroxylation is 1. The van der Waals surface area contributed by atoms with E-state index >= 15 is 0 Å². The van der Waals surface area contributed by atoms with Crippen molar-refractivity contribution in [2.45, 2.75) is 47.1 Å². The predicted octanol–water partition coefficient (Wildman–Crippen LogP) is 3.02. The van der Waals surface area contributed by atoms with E-state index in [1.807, 2.05) is 0 Å². The number of hydrogen-bond donors (Lipinski definition) is 1. The molecular weight excluding hydrogens is 204 g/mol. The topological polar surface area (TPSA) is 24.9 Å². The minimum atomic E-state index is 0.286. The predicted molar refractivity (Wildman–Crippen MR) is 67.5 cm³/mol. The summed E-state index contributed by atoms with van der Waals surface area (Å²) in [6.07, 6.45) is 1.06. The molecule has 0 bridgehead atoms. The van der Waals surface area contributed by atoms with Gasteiger partial charge in [-0.25, -0.2) is 4.98 Å². The van der Waals surface area contributed by atoms with Crippen LogP contribution in [0.25, 0.3) is 0 Å². The van der Waals surface area contributed by atoms with Crippen LogP contribution < -0.4 is 5.32 Å². The molecule has 86 valence electrons. The molecule has 1 aromatic rings. The molecule has 0 aliphatic heterocycles. The number of rotatable bonds is 5. The van der Waals surface area contributed by atoms with Crippen LogP contribution in [-0.4, -0.2) is 17.6 Å². The Morgan fingerprint density at radius 2 is 2.13 bits per heavy atom.